The van der Waals surface area contributed by atoms with Crippen molar-refractivity contribution in [3.63, 3.8) is 0 Å². The Hall–Kier alpha value is -3.84. The first-order chi connectivity index (χ1) is 23.9. The molecule has 0 aliphatic carbocycles. The van der Waals surface area contributed by atoms with Crippen molar-refractivity contribution in [1.29, 1.82) is 0 Å². The Kier molecular flexibility index (Phi) is 16.8. The number of rotatable bonds is 21. The second-order valence-electron chi connectivity index (χ2n) is 14.2. The van der Waals surface area contributed by atoms with Crippen LogP contribution < -0.4 is 32.7 Å². The van der Waals surface area contributed by atoms with E-state index in [2.05, 4.69) is 45.2 Å². The Morgan fingerprint density at radius 3 is 2.08 bits per heavy atom. The number of carboxylic acid groups (broad SMARTS) is 1. The minimum absolute atomic E-state index is 0.0460. The van der Waals surface area contributed by atoms with E-state index >= 15 is 0 Å². The number of hydrogen-bond acceptors (Lipinski definition) is 8. The molecule has 1 heterocycles. The standard InChI is InChI=1S/C38H59N7O5/c1-27(2)22-32(35(47)42-31(16-10-11-19-39)26-45-20-17-38(40,18-21-45)37(49)50)44-36(48)33(23-29-12-6-4-7-13-29)43-34(46)25-41-24-28(3)30-14-8-5-9-15-30/h4-9,12-15,27-28,31-33,41H,10-11,16-26,39-40H2,1-3H3,(H,42,47)(H,43,46)(H,44,48)(H,49,50). The number of nitrogens with one attached hydrogen (secondary N) is 4. The maximum absolute atomic E-state index is 13.9. The van der Waals surface area contributed by atoms with Gasteiger partial charge in [-0.25, -0.2) is 0 Å². The molecule has 2 aromatic carbocycles. The maximum Gasteiger partial charge on any atom is 0.323 e. The number of unbranched alkanes of at least 4 members (excludes halogenated alkanes) is 1. The first-order valence-electron chi connectivity index (χ1n) is 18.0. The van der Waals surface area contributed by atoms with Gasteiger partial charge in [-0.05, 0) is 61.6 Å². The van der Waals surface area contributed by atoms with E-state index in [-0.39, 0.29) is 42.7 Å². The summed E-state index contributed by atoms with van der Waals surface area (Å²) in [6.07, 6.45) is 3.65. The van der Waals surface area contributed by atoms with E-state index in [0.29, 0.717) is 58.4 Å². The van der Waals surface area contributed by atoms with Crippen molar-refractivity contribution in [1.82, 2.24) is 26.2 Å². The topological polar surface area (TPSA) is 192 Å². The van der Waals surface area contributed by atoms with Crippen LogP contribution in [0.3, 0.4) is 0 Å². The molecule has 12 nitrogen and oxygen atoms in total. The summed E-state index contributed by atoms with van der Waals surface area (Å²) >= 11 is 0. The largest absolute Gasteiger partial charge is 0.480 e. The molecule has 0 bridgehead atoms. The summed E-state index contributed by atoms with van der Waals surface area (Å²) in [6.45, 7) is 8.82. The molecule has 9 N–H and O–H groups in total. The predicted octanol–water partition coefficient (Wildman–Crippen LogP) is 2.13. The highest BCUT2D eigenvalue weighted by atomic mass is 16.4. The van der Waals surface area contributed by atoms with Gasteiger partial charge in [0.1, 0.15) is 17.6 Å². The van der Waals surface area contributed by atoms with Crippen LogP contribution in [0.25, 0.3) is 0 Å². The summed E-state index contributed by atoms with van der Waals surface area (Å²) in [5.74, 6) is -1.71. The Labute approximate surface area is 297 Å². The highest BCUT2D eigenvalue weighted by Crippen LogP contribution is 2.21. The molecular formula is C38H59N7O5. The Bertz CT molecular complexity index is 1340. The number of nitrogens with two attached hydrogens (primary N) is 2. The van der Waals surface area contributed by atoms with E-state index in [9.17, 15) is 24.3 Å². The number of carbonyl (C=O) groups is 4. The van der Waals surface area contributed by atoms with Crippen LogP contribution in [-0.2, 0) is 25.6 Å². The van der Waals surface area contributed by atoms with Crippen LogP contribution in [0.1, 0.15) is 76.3 Å². The fraction of sp³-hybridized carbons (Fsp3) is 0.579. The van der Waals surface area contributed by atoms with Gasteiger partial charge in [0, 0.05) is 38.6 Å². The van der Waals surface area contributed by atoms with Crippen LogP contribution in [0.2, 0.25) is 0 Å². The van der Waals surface area contributed by atoms with Crippen LogP contribution in [0.5, 0.6) is 0 Å². The maximum atomic E-state index is 13.9. The third kappa shape index (κ3) is 13.8. The highest BCUT2D eigenvalue weighted by Gasteiger charge is 2.38. The third-order valence-electron chi connectivity index (χ3n) is 9.39. The molecular weight excluding hydrogens is 634 g/mol. The van der Waals surface area contributed by atoms with Gasteiger partial charge in [0.2, 0.25) is 17.7 Å². The lowest BCUT2D eigenvalue weighted by molar-refractivity contribution is -0.145. The lowest BCUT2D eigenvalue weighted by Crippen LogP contribution is -2.59. The zero-order valence-corrected chi connectivity index (χ0v) is 30.0. The molecule has 12 heteroatoms. The molecule has 0 aromatic heterocycles. The molecule has 1 aliphatic rings. The predicted molar refractivity (Wildman–Crippen MR) is 196 cm³/mol. The SMILES string of the molecule is CC(C)CC(NC(=O)C(Cc1ccccc1)NC(=O)CNCC(C)c1ccccc1)C(=O)NC(CCCCN)CN1CCC(N)(C(=O)O)CC1. The molecule has 3 rings (SSSR count). The van der Waals surface area contributed by atoms with Gasteiger partial charge >= 0.3 is 5.97 Å². The highest BCUT2D eigenvalue weighted by molar-refractivity contribution is 5.92. The molecule has 50 heavy (non-hydrogen) atoms. The first kappa shape index (κ1) is 40.6. The number of hydrogen-bond donors (Lipinski definition) is 7. The van der Waals surface area contributed by atoms with Crippen molar-refractivity contribution in [2.45, 2.75) is 95.3 Å². The number of nitrogens with zero attached hydrogens (tertiary/aromatic N) is 1. The minimum atomic E-state index is -1.23. The molecule has 0 saturated carbocycles. The van der Waals surface area contributed by atoms with Crippen molar-refractivity contribution in [3.05, 3.63) is 71.8 Å². The van der Waals surface area contributed by atoms with Gasteiger partial charge in [-0.15, -0.1) is 0 Å². The molecule has 276 valence electrons. The summed E-state index contributed by atoms with van der Waals surface area (Å²) in [5, 5.41) is 21.8. The summed E-state index contributed by atoms with van der Waals surface area (Å²) in [7, 11) is 0. The van der Waals surface area contributed by atoms with E-state index < -0.39 is 29.5 Å². The average Bonchev–Trinajstić information content (AvgIpc) is 3.09. The van der Waals surface area contributed by atoms with Crippen LogP contribution in [-0.4, -0.2) is 96.6 Å². The smallest absolute Gasteiger partial charge is 0.323 e. The van der Waals surface area contributed by atoms with Crippen molar-refractivity contribution >= 4 is 23.7 Å². The Morgan fingerprint density at radius 2 is 1.48 bits per heavy atom. The average molecular weight is 694 g/mol. The van der Waals surface area contributed by atoms with Gasteiger partial charge in [-0.2, -0.15) is 0 Å². The molecule has 2 aromatic rings. The number of amides is 3. The van der Waals surface area contributed by atoms with E-state index in [1.165, 1.54) is 5.56 Å². The Balaban J connectivity index is 1.67. The van der Waals surface area contributed by atoms with Crippen LogP contribution in [0, 0.1) is 5.92 Å². The molecule has 0 radical (unpaired) electrons. The van der Waals surface area contributed by atoms with Gasteiger partial charge in [0.15, 0.2) is 0 Å². The lowest BCUT2D eigenvalue weighted by Gasteiger charge is -2.38. The number of benzene rings is 2. The Morgan fingerprint density at radius 1 is 0.860 bits per heavy atom. The number of likely N-dealkylation sites (tertiary alicyclic amines) is 1. The lowest BCUT2D eigenvalue weighted by atomic mass is 9.88. The van der Waals surface area contributed by atoms with Gasteiger partial charge in [-0.3, -0.25) is 19.2 Å². The minimum Gasteiger partial charge on any atom is -0.480 e. The van der Waals surface area contributed by atoms with Gasteiger partial charge in [0.05, 0.1) is 6.54 Å². The number of piperidine rings is 1. The third-order valence-corrected chi connectivity index (χ3v) is 9.39. The van der Waals surface area contributed by atoms with Gasteiger partial charge < -0.3 is 42.7 Å². The second kappa shape index (κ2) is 20.7. The fourth-order valence-corrected chi connectivity index (χ4v) is 6.29. The van der Waals surface area contributed by atoms with Gasteiger partial charge in [0.25, 0.3) is 0 Å². The van der Waals surface area contributed by atoms with E-state index in [4.69, 9.17) is 11.5 Å². The quantitative estimate of drug-likeness (QED) is 0.0960. The molecule has 4 unspecified atom stereocenters. The molecule has 3 amide bonds. The van der Waals surface area contributed by atoms with Crippen LogP contribution >= 0.6 is 0 Å². The molecule has 1 saturated heterocycles. The number of carbonyl (C=O) groups excluding carboxylic acids is 3. The number of aliphatic carboxylic acids is 1. The zero-order chi connectivity index (χ0) is 36.5. The summed E-state index contributed by atoms with van der Waals surface area (Å²) in [4.78, 5) is 54.6. The summed E-state index contributed by atoms with van der Waals surface area (Å²) < 4.78 is 0. The van der Waals surface area contributed by atoms with E-state index in [0.717, 1.165) is 18.4 Å². The van der Waals surface area contributed by atoms with Gasteiger partial charge in [-0.1, -0.05) is 87.9 Å². The molecule has 1 fully saturated rings. The van der Waals surface area contributed by atoms with Crippen LogP contribution in [0.4, 0.5) is 0 Å². The first-order valence-corrected chi connectivity index (χ1v) is 18.0. The molecule has 1 aliphatic heterocycles. The van der Waals surface area contributed by atoms with Crippen molar-refractivity contribution in [3.8, 4) is 0 Å². The van der Waals surface area contributed by atoms with E-state index in [1.54, 1.807) is 0 Å². The summed E-state index contributed by atoms with van der Waals surface area (Å²) in [5.41, 5.74) is 12.7. The van der Waals surface area contributed by atoms with Crippen molar-refractivity contribution in [2.24, 2.45) is 17.4 Å². The zero-order valence-electron chi connectivity index (χ0n) is 30.0. The normalized spacial score (nSPS) is 16.9. The van der Waals surface area contributed by atoms with Crippen molar-refractivity contribution < 1.29 is 24.3 Å². The molecule has 4 atom stereocenters. The second-order valence-corrected chi connectivity index (χ2v) is 14.2. The monoisotopic (exact) mass is 693 g/mol. The summed E-state index contributed by atoms with van der Waals surface area (Å²) in [6, 6.07) is 17.6. The van der Waals surface area contributed by atoms with E-state index in [1.807, 2.05) is 62.4 Å². The number of carboxylic acids is 1. The van der Waals surface area contributed by atoms with Crippen molar-refractivity contribution in [2.75, 3.05) is 39.3 Å². The van der Waals surface area contributed by atoms with Crippen LogP contribution in [0.15, 0.2) is 60.7 Å². The molecule has 0 spiro atoms. The fourth-order valence-electron chi connectivity index (χ4n) is 6.29.